The monoisotopic (exact) mass is 1110 g/mol. The molecule has 0 atom stereocenters. The van der Waals surface area contributed by atoms with Gasteiger partial charge in [0.2, 0.25) is 0 Å². The minimum atomic E-state index is 0.544. The third-order valence-electron chi connectivity index (χ3n) is 17.6. The highest BCUT2D eigenvalue weighted by atomic mass is 16.3. The Hall–Kier alpha value is -11.7. The van der Waals surface area contributed by atoms with Gasteiger partial charge in [-0.15, -0.1) is 0 Å². The maximum atomic E-state index is 11.9. The first-order valence-electron chi connectivity index (χ1n) is 29.5. The van der Waals surface area contributed by atoms with Crippen molar-refractivity contribution in [2.24, 2.45) is 4.99 Å². The molecule has 0 spiro atoms. The van der Waals surface area contributed by atoms with Crippen molar-refractivity contribution in [2.45, 2.75) is 0 Å². The van der Waals surface area contributed by atoms with Gasteiger partial charge in [0.1, 0.15) is 16.7 Å². The molecule has 7 nitrogen and oxygen atoms in total. The van der Waals surface area contributed by atoms with Crippen LogP contribution in [-0.2, 0) is 0 Å². The van der Waals surface area contributed by atoms with E-state index in [1.807, 2.05) is 18.6 Å². The Morgan fingerprint density at radius 1 is 0.402 bits per heavy atom. The van der Waals surface area contributed by atoms with Crippen LogP contribution < -0.4 is 14.7 Å². The Bertz CT molecular complexity index is 5460. The Balaban J connectivity index is 1.02. The third kappa shape index (κ3) is 8.07. The SMILES string of the molecule is N#Cc1cc2c(oc3cccc(N4C=CC=CC4)c32)c2c1c(-c1ccc(-c3ccccc3)cc1)c(-c1ccccc1)c1cc(N3C=NC=CC3)c3oc4cc(N(c5ccc(-c6ccccc6)cc5)c5cc6ccccc6c6ccccc56)ccc4c3c12. The van der Waals surface area contributed by atoms with E-state index in [4.69, 9.17) is 13.8 Å². The fourth-order valence-electron chi connectivity index (χ4n) is 13.7. The normalized spacial score (nSPS) is 13.2. The molecule has 7 heteroatoms. The molecule has 15 aromatic rings. The topological polar surface area (TPSA) is 72.1 Å². The van der Waals surface area contributed by atoms with Gasteiger partial charge in [-0.2, -0.15) is 5.26 Å². The zero-order valence-electron chi connectivity index (χ0n) is 47.1. The summed E-state index contributed by atoms with van der Waals surface area (Å²) in [5.74, 6) is 0. The molecule has 87 heavy (non-hydrogen) atoms. The molecular weight excluding hydrogens is 1060 g/mol. The van der Waals surface area contributed by atoms with E-state index in [-0.39, 0.29) is 0 Å². The lowest BCUT2D eigenvalue weighted by Gasteiger charge is -2.27. The number of anilines is 5. The van der Waals surface area contributed by atoms with Crippen LogP contribution in [-0.4, -0.2) is 19.4 Å². The van der Waals surface area contributed by atoms with Crippen LogP contribution in [0.3, 0.4) is 0 Å². The molecule has 0 aliphatic carbocycles. The summed E-state index contributed by atoms with van der Waals surface area (Å²) in [6.45, 7) is 1.27. The molecule has 13 aromatic carbocycles. The number of nitriles is 1. The lowest BCUT2D eigenvalue weighted by atomic mass is 9.81. The largest absolute Gasteiger partial charge is 0.455 e. The molecule has 2 aliphatic rings. The molecule has 0 fully saturated rings. The highest BCUT2D eigenvalue weighted by Crippen LogP contribution is 2.55. The second kappa shape index (κ2) is 20.3. The van der Waals surface area contributed by atoms with Crippen molar-refractivity contribution in [2.75, 3.05) is 27.8 Å². The maximum absolute atomic E-state index is 11.9. The summed E-state index contributed by atoms with van der Waals surface area (Å²) in [7, 11) is 0. The lowest BCUT2D eigenvalue weighted by molar-refractivity contribution is 0.669. The highest BCUT2D eigenvalue weighted by molar-refractivity contribution is 6.40. The number of furan rings is 2. The molecule has 0 unspecified atom stereocenters. The summed E-state index contributed by atoms with van der Waals surface area (Å²) in [6, 6.07) is 89.1. The number of fused-ring (bicyclic) bond motifs is 14. The maximum Gasteiger partial charge on any atom is 0.159 e. The third-order valence-corrected chi connectivity index (χ3v) is 17.6. The van der Waals surface area contributed by atoms with Crippen molar-refractivity contribution in [1.29, 1.82) is 5.26 Å². The smallest absolute Gasteiger partial charge is 0.159 e. The summed E-state index contributed by atoms with van der Waals surface area (Å²) in [5.41, 5.74) is 16.7. The van der Waals surface area contributed by atoms with Crippen molar-refractivity contribution < 1.29 is 8.83 Å². The fourth-order valence-corrected chi connectivity index (χ4v) is 13.7. The summed E-state index contributed by atoms with van der Waals surface area (Å²) in [4.78, 5) is 11.5. The number of aliphatic imine (C=N–C) groups is 1. The first-order chi connectivity index (χ1) is 43.1. The van der Waals surface area contributed by atoms with Crippen molar-refractivity contribution in [3.63, 3.8) is 0 Å². The van der Waals surface area contributed by atoms with Crippen molar-refractivity contribution in [3.8, 4) is 50.6 Å². The van der Waals surface area contributed by atoms with Gasteiger partial charge in [0.05, 0.1) is 40.4 Å². The number of allylic oxidation sites excluding steroid dienone is 2. The molecule has 4 heterocycles. The van der Waals surface area contributed by atoms with Crippen LogP contribution in [0.25, 0.3) is 131 Å². The zero-order chi connectivity index (χ0) is 57.5. The quantitative estimate of drug-likeness (QED) is 0.134. The van der Waals surface area contributed by atoms with Crippen LogP contribution in [0.2, 0.25) is 0 Å². The molecule has 0 amide bonds. The van der Waals surface area contributed by atoms with Crippen LogP contribution in [0, 0.1) is 11.3 Å². The highest BCUT2D eigenvalue weighted by Gasteiger charge is 2.31. The minimum absolute atomic E-state index is 0.544. The fraction of sp³-hybridized carbons (Fsp3) is 0.0250. The Morgan fingerprint density at radius 3 is 1.75 bits per heavy atom. The van der Waals surface area contributed by atoms with Gasteiger partial charge >= 0.3 is 0 Å². The molecule has 0 radical (unpaired) electrons. The summed E-state index contributed by atoms with van der Waals surface area (Å²) in [6.07, 6.45) is 14.2. The second-order valence-electron chi connectivity index (χ2n) is 22.4. The lowest BCUT2D eigenvalue weighted by Crippen LogP contribution is -2.23. The van der Waals surface area contributed by atoms with Crippen LogP contribution in [0.15, 0.2) is 293 Å². The molecule has 0 saturated heterocycles. The van der Waals surface area contributed by atoms with Gasteiger partial charge in [-0.25, -0.2) is 4.99 Å². The van der Waals surface area contributed by atoms with E-state index >= 15 is 0 Å². The van der Waals surface area contributed by atoms with Crippen molar-refractivity contribution in [3.05, 3.63) is 285 Å². The number of hydrogen-bond donors (Lipinski definition) is 0. The van der Waals surface area contributed by atoms with Crippen LogP contribution in [0.4, 0.5) is 28.4 Å². The van der Waals surface area contributed by atoms with E-state index in [2.05, 4.69) is 288 Å². The van der Waals surface area contributed by atoms with Gasteiger partial charge in [-0.3, -0.25) is 0 Å². The van der Waals surface area contributed by atoms with E-state index in [9.17, 15) is 5.26 Å². The van der Waals surface area contributed by atoms with Gasteiger partial charge in [0.15, 0.2) is 5.58 Å². The standard InChI is InChI=1S/C80H51N5O2/c81-49-58-45-66-75-67(83-42-15-4-16-43-83)29-17-30-70(75)86-79(66)78-74(58)73(56-33-31-53(32-34-56)51-19-5-1-6-20-51)72(55-23-9-3-10-24-55)65-48-69(84-44-18-41-82-50-84)80-77(76(65)78)64-40-39-60(47-71(64)87-80)85(59-37-35-54(36-38-59)52-21-7-2-8-22-52)68-46-57-25-11-12-26-61(57)62-27-13-14-28-63(62)68/h1-42,45-48,50H,43-44H2. The number of nitrogens with zero attached hydrogens (tertiary/aromatic N) is 5. The van der Waals surface area contributed by atoms with E-state index < -0.39 is 0 Å². The van der Waals surface area contributed by atoms with Gasteiger partial charge in [0, 0.05) is 80.6 Å². The van der Waals surface area contributed by atoms with E-state index in [1.54, 1.807) is 0 Å². The van der Waals surface area contributed by atoms with Crippen LogP contribution in [0.1, 0.15) is 5.56 Å². The Labute approximate surface area is 501 Å². The number of benzene rings is 13. The minimum Gasteiger partial charge on any atom is -0.455 e. The predicted molar refractivity (Wildman–Crippen MR) is 363 cm³/mol. The molecule has 0 bridgehead atoms. The van der Waals surface area contributed by atoms with E-state index in [0.29, 0.717) is 35.4 Å². The Kier molecular flexibility index (Phi) is 11.6. The first-order valence-corrected chi connectivity index (χ1v) is 29.5. The molecule has 2 aliphatic heterocycles. The van der Waals surface area contributed by atoms with Crippen LogP contribution >= 0.6 is 0 Å². The number of rotatable bonds is 9. The molecule has 2 aromatic heterocycles. The van der Waals surface area contributed by atoms with E-state index in [1.165, 1.54) is 10.8 Å². The van der Waals surface area contributed by atoms with Crippen molar-refractivity contribution in [1.82, 2.24) is 0 Å². The van der Waals surface area contributed by atoms with Gasteiger partial charge < -0.3 is 23.5 Å². The van der Waals surface area contributed by atoms with Gasteiger partial charge in [-0.05, 0) is 133 Å². The summed E-state index contributed by atoms with van der Waals surface area (Å²) >= 11 is 0. The average Bonchev–Trinajstić information content (AvgIpc) is 1.70. The second-order valence-corrected chi connectivity index (χ2v) is 22.4. The first kappa shape index (κ1) is 49.9. The molecule has 0 saturated carbocycles. The van der Waals surface area contributed by atoms with Crippen molar-refractivity contribution >= 4 is 122 Å². The van der Waals surface area contributed by atoms with Gasteiger partial charge in [-0.1, -0.05) is 194 Å². The summed E-state index contributed by atoms with van der Waals surface area (Å²) < 4.78 is 15.0. The summed E-state index contributed by atoms with van der Waals surface area (Å²) in [5, 5.41) is 23.7. The molecule has 0 N–H and O–H groups in total. The van der Waals surface area contributed by atoms with E-state index in [0.717, 1.165) is 132 Å². The average molecular weight is 1110 g/mol. The number of hydrogen-bond acceptors (Lipinski definition) is 7. The molecule has 408 valence electrons. The Morgan fingerprint density at radius 2 is 1.03 bits per heavy atom. The molecule has 17 rings (SSSR count). The predicted octanol–water partition coefficient (Wildman–Crippen LogP) is 21.4. The molecular formula is C80H51N5O2. The zero-order valence-corrected chi connectivity index (χ0v) is 47.1. The van der Waals surface area contributed by atoms with Crippen LogP contribution in [0.5, 0.6) is 0 Å². The van der Waals surface area contributed by atoms with Gasteiger partial charge in [0.25, 0.3) is 0 Å².